The second kappa shape index (κ2) is 7.86. The van der Waals surface area contributed by atoms with Crippen LogP contribution in [0, 0.1) is 13.8 Å². The highest BCUT2D eigenvalue weighted by Crippen LogP contribution is 2.35. The Morgan fingerprint density at radius 2 is 1.79 bits per heavy atom. The van der Waals surface area contributed by atoms with Gasteiger partial charge in [0.05, 0.1) is 0 Å². The molecule has 6 heteroatoms. The Bertz CT molecular complexity index is 1120. The Morgan fingerprint density at radius 3 is 2.61 bits per heavy atom. The molecule has 0 bridgehead atoms. The molecule has 5 nitrogen and oxygen atoms in total. The number of aromatic nitrogens is 3. The molecule has 0 saturated carbocycles. The third-order valence-corrected chi connectivity index (χ3v) is 5.71. The highest BCUT2D eigenvalue weighted by molar-refractivity contribution is 8.00. The van der Waals surface area contributed by atoms with Crippen molar-refractivity contribution in [3.8, 4) is 0 Å². The lowest BCUT2D eigenvalue weighted by Crippen LogP contribution is -2.20. The number of carbonyl (C=O) groups is 1. The van der Waals surface area contributed by atoms with Gasteiger partial charge in [-0.1, -0.05) is 60.3 Å². The highest BCUT2D eigenvalue weighted by Gasteiger charge is 2.25. The summed E-state index contributed by atoms with van der Waals surface area (Å²) >= 11 is 1.39. The van der Waals surface area contributed by atoms with Crippen LogP contribution in [-0.4, -0.2) is 20.5 Å². The molecule has 2 heterocycles. The van der Waals surface area contributed by atoms with Crippen molar-refractivity contribution in [2.45, 2.75) is 24.3 Å². The van der Waals surface area contributed by atoms with Gasteiger partial charge in [-0.2, -0.15) is 0 Å². The largest absolute Gasteiger partial charge is 0.325 e. The summed E-state index contributed by atoms with van der Waals surface area (Å²) in [6.45, 7) is 4.01. The topological polar surface area (TPSA) is 59.3 Å². The SMILES string of the molecule is Cc1ccc(C)c(NC(=O)C(Sc2nnc3ccccn23)c2ccccc2)c1. The number of thioether (sulfide) groups is 1. The fourth-order valence-electron chi connectivity index (χ4n) is 2.97. The summed E-state index contributed by atoms with van der Waals surface area (Å²) in [4.78, 5) is 13.2. The Balaban J connectivity index is 1.67. The minimum atomic E-state index is -0.450. The van der Waals surface area contributed by atoms with Crippen LogP contribution in [-0.2, 0) is 4.79 Å². The van der Waals surface area contributed by atoms with Crippen LogP contribution >= 0.6 is 11.8 Å². The monoisotopic (exact) mass is 388 g/mol. The third-order valence-electron chi connectivity index (χ3n) is 4.50. The molecule has 140 valence electrons. The maximum Gasteiger partial charge on any atom is 0.242 e. The molecule has 1 N–H and O–H groups in total. The molecule has 2 aromatic carbocycles. The molecule has 0 aliphatic carbocycles. The number of amides is 1. The van der Waals surface area contributed by atoms with Crippen LogP contribution in [0.2, 0.25) is 0 Å². The summed E-state index contributed by atoms with van der Waals surface area (Å²) < 4.78 is 1.89. The Kier molecular flexibility index (Phi) is 5.12. The number of pyridine rings is 1. The number of rotatable bonds is 5. The van der Waals surface area contributed by atoms with Gasteiger partial charge in [0.25, 0.3) is 0 Å². The van der Waals surface area contributed by atoms with E-state index < -0.39 is 5.25 Å². The second-order valence-electron chi connectivity index (χ2n) is 6.63. The summed E-state index contributed by atoms with van der Waals surface area (Å²) in [7, 11) is 0. The Labute approximate surface area is 167 Å². The molecule has 2 aromatic heterocycles. The minimum absolute atomic E-state index is 0.0856. The van der Waals surface area contributed by atoms with Gasteiger partial charge in [0.1, 0.15) is 5.25 Å². The van der Waals surface area contributed by atoms with E-state index in [1.165, 1.54) is 11.8 Å². The van der Waals surface area contributed by atoms with Crippen molar-refractivity contribution in [2.75, 3.05) is 5.32 Å². The molecule has 1 unspecified atom stereocenters. The summed E-state index contributed by atoms with van der Waals surface area (Å²) in [6, 6.07) is 21.5. The predicted octanol–water partition coefficient (Wildman–Crippen LogP) is 4.82. The highest BCUT2D eigenvalue weighted by atomic mass is 32.2. The molecule has 0 aliphatic heterocycles. The van der Waals surface area contributed by atoms with Crippen molar-refractivity contribution < 1.29 is 4.79 Å². The number of carbonyl (C=O) groups excluding carboxylic acids is 1. The number of hydrogen-bond donors (Lipinski definition) is 1. The first-order chi connectivity index (χ1) is 13.6. The van der Waals surface area contributed by atoms with Gasteiger partial charge in [0, 0.05) is 11.9 Å². The van der Waals surface area contributed by atoms with E-state index in [4.69, 9.17) is 0 Å². The van der Waals surface area contributed by atoms with Crippen molar-refractivity contribution in [1.29, 1.82) is 0 Å². The van der Waals surface area contributed by atoms with Gasteiger partial charge in [-0.25, -0.2) is 0 Å². The predicted molar refractivity (Wildman–Crippen MR) is 113 cm³/mol. The van der Waals surface area contributed by atoms with E-state index in [9.17, 15) is 4.79 Å². The van der Waals surface area contributed by atoms with E-state index in [0.717, 1.165) is 28.0 Å². The van der Waals surface area contributed by atoms with Crippen LogP contribution in [0.15, 0.2) is 78.1 Å². The quantitative estimate of drug-likeness (QED) is 0.498. The Hall–Kier alpha value is -3.12. The molecule has 1 atom stereocenters. The number of hydrogen-bond acceptors (Lipinski definition) is 4. The lowest BCUT2D eigenvalue weighted by molar-refractivity contribution is -0.115. The van der Waals surface area contributed by atoms with Crippen molar-refractivity contribution in [1.82, 2.24) is 14.6 Å². The summed E-state index contributed by atoms with van der Waals surface area (Å²) in [5, 5.41) is 11.8. The number of nitrogens with one attached hydrogen (secondary N) is 1. The van der Waals surface area contributed by atoms with Gasteiger partial charge in [0.2, 0.25) is 5.91 Å². The first-order valence-electron chi connectivity index (χ1n) is 9.01. The number of aryl methyl sites for hydroxylation is 2. The zero-order valence-electron chi connectivity index (χ0n) is 15.7. The van der Waals surface area contributed by atoms with Crippen LogP contribution in [0.1, 0.15) is 21.9 Å². The standard InChI is InChI=1S/C22H20N4OS/c1-15-11-12-16(2)18(14-15)23-21(27)20(17-8-4-3-5-9-17)28-22-25-24-19-10-6-7-13-26(19)22/h3-14,20H,1-2H3,(H,23,27). The lowest BCUT2D eigenvalue weighted by atomic mass is 10.1. The Morgan fingerprint density at radius 1 is 1.00 bits per heavy atom. The third kappa shape index (κ3) is 3.77. The average Bonchev–Trinajstić information content (AvgIpc) is 3.12. The molecule has 0 aliphatic rings. The molecule has 0 radical (unpaired) electrons. The van der Waals surface area contributed by atoms with Crippen molar-refractivity contribution in [3.63, 3.8) is 0 Å². The van der Waals surface area contributed by atoms with E-state index in [1.807, 2.05) is 91.2 Å². The normalized spacial score (nSPS) is 12.1. The summed E-state index contributed by atoms with van der Waals surface area (Å²) in [6.07, 6.45) is 1.91. The molecular formula is C22H20N4OS. The molecule has 4 rings (SSSR count). The summed E-state index contributed by atoms with van der Waals surface area (Å²) in [5.41, 5.74) is 4.64. The maximum atomic E-state index is 13.2. The summed E-state index contributed by atoms with van der Waals surface area (Å²) in [5.74, 6) is -0.0856. The molecular weight excluding hydrogens is 368 g/mol. The second-order valence-corrected chi connectivity index (χ2v) is 7.70. The zero-order valence-corrected chi connectivity index (χ0v) is 16.5. The molecule has 0 spiro atoms. The van der Waals surface area contributed by atoms with Crippen molar-refractivity contribution in [2.24, 2.45) is 0 Å². The van der Waals surface area contributed by atoms with Gasteiger partial charge in [-0.05, 0) is 48.7 Å². The number of fused-ring (bicyclic) bond motifs is 1. The van der Waals surface area contributed by atoms with Crippen LogP contribution in [0.4, 0.5) is 5.69 Å². The number of benzene rings is 2. The fourth-order valence-corrected chi connectivity index (χ4v) is 4.00. The van der Waals surface area contributed by atoms with E-state index in [0.29, 0.717) is 5.16 Å². The van der Waals surface area contributed by atoms with Crippen LogP contribution in [0.5, 0.6) is 0 Å². The number of nitrogens with zero attached hydrogens (tertiary/aromatic N) is 3. The lowest BCUT2D eigenvalue weighted by Gasteiger charge is -2.17. The molecule has 28 heavy (non-hydrogen) atoms. The zero-order chi connectivity index (χ0) is 19.5. The molecule has 0 saturated heterocycles. The van der Waals surface area contributed by atoms with Crippen molar-refractivity contribution in [3.05, 3.63) is 89.6 Å². The van der Waals surface area contributed by atoms with Gasteiger partial charge in [-0.15, -0.1) is 10.2 Å². The smallest absolute Gasteiger partial charge is 0.242 e. The van der Waals surface area contributed by atoms with E-state index in [2.05, 4.69) is 15.5 Å². The molecule has 0 fully saturated rings. The van der Waals surface area contributed by atoms with E-state index >= 15 is 0 Å². The molecule has 4 aromatic rings. The van der Waals surface area contributed by atoms with Crippen molar-refractivity contribution >= 4 is 29.0 Å². The number of anilines is 1. The van der Waals surface area contributed by atoms with Crippen LogP contribution in [0.25, 0.3) is 5.65 Å². The van der Waals surface area contributed by atoms with Gasteiger partial charge in [0.15, 0.2) is 10.8 Å². The average molecular weight is 388 g/mol. The van der Waals surface area contributed by atoms with E-state index in [-0.39, 0.29) is 5.91 Å². The van der Waals surface area contributed by atoms with Gasteiger partial charge >= 0.3 is 0 Å². The van der Waals surface area contributed by atoms with Gasteiger partial charge < -0.3 is 5.32 Å². The molecule has 1 amide bonds. The van der Waals surface area contributed by atoms with Gasteiger partial charge in [-0.3, -0.25) is 9.20 Å². The van der Waals surface area contributed by atoms with Crippen LogP contribution < -0.4 is 5.32 Å². The van der Waals surface area contributed by atoms with Crippen LogP contribution in [0.3, 0.4) is 0 Å². The van der Waals surface area contributed by atoms with E-state index in [1.54, 1.807) is 0 Å². The minimum Gasteiger partial charge on any atom is -0.325 e. The first kappa shape index (κ1) is 18.3. The maximum absolute atomic E-state index is 13.2. The fraction of sp³-hybridized carbons (Fsp3) is 0.136. The first-order valence-corrected chi connectivity index (χ1v) is 9.89.